The fourth-order valence-electron chi connectivity index (χ4n) is 4.51. The summed E-state index contributed by atoms with van der Waals surface area (Å²) in [5, 5.41) is 6.90. The molecule has 0 bridgehead atoms. The lowest BCUT2D eigenvalue weighted by Gasteiger charge is -2.28. The van der Waals surface area contributed by atoms with Crippen molar-refractivity contribution in [3.63, 3.8) is 0 Å². The zero-order chi connectivity index (χ0) is 24.9. The highest BCUT2D eigenvalue weighted by atomic mass is 32.1. The molecule has 4 aromatic rings. The highest BCUT2D eigenvalue weighted by molar-refractivity contribution is 7.80. The third-order valence-corrected chi connectivity index (χ3v) is 6.43. The smallest absolute Gasteiger partial charge is 0.244 e. The van der Waals surface area contributed by atoms with Gasteiger partial charge in [-0.3, -0.25) is 9.78 Å². The van der Waals surface area contributed by atoms with E-state index >= 15 is 0 Å². The Morgan fingerprint density at radius 3 is 2.53 bits per heavy atom. The number of nitrogens with one attached hydrogen (secondary N) is 2. The van der Waals surface area contributed by atoms with Crippen LogP contribution in [0.5, 0.6) is 5.75 Å². The number of hydrogen-bond donors (Lipinski definition) is 2. The summed E-state index contributed by atoms with van der Waals surface area (Å²) in [5.41, 5.74) is 3.59. The Kier molecular flexibility index (Phi) is 6.95. The number of aromatic nitrogens is 2. The molecule has 3 heterocycles. The van der Waals surface area contributed by atoms with Crippen LogP contribution in [0, 0.1) is 0 Å². The van der Waals surface area contributed by atoms with Crippen molar-refractivity contribution in [3.05, 3.63) is 109 Å². The molecule has 2 atom stereocenters. The first-order valence-corrected chi connectivity index (χ1v) is 12.3. The minimum atomic E-state index is -0.254. The lowest BCUT2D eigenvalue weighted by molar-refractivity contribution is -0.116. The van der Waals surface area contributed by atoms with Gasteiger partial charge in [-0.1, -0.05) is 24.3 Å². The fraction of sp³-hybridized carbons (Fsp3) is 0.179. The van der Waals surface area contributed by atoms with Crippen LogP contribution in [0.2, 0.25) is 0 Å². The van der Waals surface area contributed by atoms with Crippen LogP contribution in [-0.2, 0) is 4.79 Å². The van der Waals surface area contributed by atoms with Crippen molar-refractivity contribution >= 4 is 28.9 Å². The molecule has 7 nitrogen and oxygen atoms in total. The normalized spacial score (nSPS) is 17.0. The Hall–Kier alpha value is -4.17. The minimum Gasteiger partial charge on any atom is -0.494 e. The average Bonchev–Trinajstić information content (AvgIpc) is 3.50. The van der Waals surface area contributed by atoms with Crippen molar-refractivity contribution in [3.8, 4) is 11.4 Å². The molecule has 36 heavy (non-hydrogen) atoms. The molecule has 2 aromatic carbocycles. The highest BCUT2D eigenvalue weighted by Gasteiger charge is 2.42. The Labute approximate surface area is 215 Å². The van der Waals surface area contributed by atoms with Crippen LogP contribution in [0.3, 0.4) is 0 Å². The number of rotatable bonds is 8. The maximum absolute atomic E-state index is 13.0. The van der Waals surface area contributed by atoms with E-state index in [1.807, 2.05) is 96.9 Å². The zero-order valence-corrected chi connectivity index (χ0v) is 20.7. The zero-order valence-electron chi connectivity index (χ0n) is 19.9. The van der Waals surface area contributed by atoms with Gasteiger partial charge in [0.1, 0.15) is 12.3 Å². The molecule has 1 fully saturated rings. The lowest BCUT2D eigenvalue weighted by Crippen LogP contribution is -2.37. The molecule has 0 aliphatic carbocycles. The molecule has 182 valence electrons. The van der Waals surface area contributed by atoms with E-state index in [1.165, 1.54) is 0 Å². The molecular weight excluding hydrogens is 470 g/mol. The maximum Gasteiger partial charge on any atom is 0.244 e. The molecule has 2 aromatic heterocycles. The number of thiocarbonyl (C=S) groups is 1. The van der Waals surface area contributed by atoms with Crippen molar-refractivity contribution in [2.45, 2.75) is 19.0 Å². The Morgan fingerprint density at radius 1 is 1.03 bits per heavy atom. The number of benzene rings is 2. The molecule has 1 aliphatic rings. The number of amides is 1. The van der Waals surface area contributed by atoms with Crippen LogP contribution in [0.25, 0.3) is 5.69 Å². The number of hydrogen-bond acceptors (Lipinski definition) is 4. The summed E-state index contributed by atoms with van der Waals surface area (Å²) in [6.45, 7) is 2.68. The Balaban J connectivity index is 1.49. The van der Waals surface area contributed by atoms with Gasteiger partial charge in [0.05, 0.1) is 24.4 Å². The molecule has 5 rings (SSSR count). The summed E-state index contributed by atoms with van der Waals surface area (Å²) in [6.07, 6.45) is 3.79. The first-order valence-electron chi connectivity index (χ1n) is 11.9. The predicted octanol–water partition coefficient (Wildman–Crippen LogP) is 4.88. The molecule has 1 aliphatic heterocycles. The summed E-state index contributed by atoms with van der Waals surface area (Å²) in [6, 6.07) is 26.8. The second-order valence-electron chi connectivity index (χ2n) is 8.40. The van der Waals surface area contributed by atoms with Gasteiger partial charge in [-0.25, -0.2) is 0 Å². The second kappa shape index (κ2) is 10.6. The number of carbonyl (C=O) groups excluding carboxylic acids is 1. The van der Waals surface area contributed by atoms with Crippen LogP contribution < -0.4 is 15.4 Å². The van der Waals surface area contributed by atoms with Gasteiger partial charge in [-0.05, 0) is 79.8 Å². The third kappa shape index (κ3) is 4.94. The summed E-state index contributed by atoms with van der Waals surface area (Å²) in [5.74, 6) is 0.681. The van der Waals surface area contributed by atoms with Gasteiger partial charge >= 0.3 is 0 Å². The molecule has 0 spiro atoms. The van der Waals surface area contributed by atoms with Gasteiger partial charge in [-0.15, -0.1) is 0 Å². The van der Waals surface area contributed by atoms with Crippen molar-refractivity contribution in [2.75, 3.05) is 18.5 Å². The van der Waals surface area contributed by atoms with Crippen LogP contribution in [0.15, 0.2) is 97.3 Å². The lowest BCUT2D eigenvalue weighted by atomic mass is 10.0. The van der Waals surface area contributed by atoms with E-state index < -0.39 is 0 Å². The number of para-hydroxylation sites is 1. The standard InChI is InChI=1S/C28H27N5O2S/c1-2-35-22-15-13-21(14-16-22)32-18-8-12-24(32)27-26(23-11-6-7-17-29-23)31-28(36)33(27)19-25(34)30-20-9-4-3-5-10-20/h3-18,26-27H,2,19H2,1H3,(H,30,34)(H,31,36)/t26-,27-/m0/s1. The number of carbonyl (C=O) groups is 1. The molecule has 1 amide bonds. The number of ether oxygens (including phenoxy) is 1. The minimum absolute atomic E-state index is 0.100. The van der Waals surface area contributed by atoms with E-state index in [1.54, 1.807) is 6.20 Å². The molecule has 0 radical (unpaired) electrons. The fourth-order valence-corrected chi connectivity index (χ4v) is 4.82. The first kappa shape index (κ1) is 23.6. The van der Waals surface area contributed by atoms with Crippen LogP contribution >= 0.6 is 12.2 Å². The van der Waals surface area contributed by atoms with Crippen LogP contribution in [0.1, 0.15) is 30.4 Å². The Morgan fingerprint density at radius 2 is 1.81 bits per heavy atom. The van der Waals surface area contributed by atoms with E-state index in [0.717, 1.165) is 28.5 Å². The van der Waals surface area contributed by atoms with E-state index in [2.05, 4.69) is 26.3 Å². The van der Waals surface area contributed by atoms with Gasteiger partial charge in [-0.2, -0.15) is 0 Å². The van der Waals surface area contributed by atoms with E-state index in [9.17, 15) is 4.79 Å². The number of nitrogens with zero attached hydrogens (tertiary/aromatic N) is 3. The summed E-state index contributed by atoms with van der Waals surface area (Å²) >= 11 is 5.74. The molecular formula is C28H27N5O2S. The molecule has 0 saturated carbocycles. The van der Waals surface area contributed by atoms with Gasteiger partial charge in [0.2, 0.25) is 5.91 Å². The van der Waals surface area contributed by atoms with Crippen LogP contribution in [-0.4, -0.2) is 38.6 Å². The van der Waals surface area contributed by atoms with Gasteiger partial charge in [0.25, 0.3) is 0 Å². The largest absolute Gasteiger partial charge is 0.494 e. The first-order chi connectivity index (χ1) is 17.6. The molecule has 2 N–H and O–H groups in total. The summed E-state index contributed by atoms with van der Waals surface area (Å²) < 4.78 is 7.73. The van der Waals surface area contributed by atoms with Crippen molar-refractivity contribution in [1.82, 2.24) is 19.8 Å². The van der Waals surface area contributed by atoms with Crippen molar-refractivity contribution in [2.24, 2.45) is 0 Å². The Bertz CT molecular complexity index is 1330. The molecule has 8 heteroatoms. The summed E-state index contributed by atoms with van der Waals surface area (Å²) in [4.78, 5) is 19.6. The highest BCUT2D eigenvalue weighted by Crippen LogP contribution is 2.39. The monoisotopic (exact) mass is 497 g/mol. The van der Waals surface area contributed by atoms with Crippen molar-refractivity contribution in [1.29, 1.82) is 0 Å². The van der Waals surface area contributed by atoms with Gasteiger partial charge in [0, 0.05) is 29.5 Å². The number of pyridine rings is 1. The third-order valence-electron chi connectivity index (χ3n) is 6.08. The SMILES string of the molecule is CCOc1ccc(-n2cccc2[C@H]2[C@H](c3ccccn3)NC(=S)N2CC(=O)Nc2ccccc2)cc1. The quantitative estimate of drug-likeness (QED) is 0.338. The van der Waals surface area contributed by atoms with Crippen molar-refractivity contribution < 1.29 is 9.53 Å². The summed E-state index contributed by atoms with van der Waals surface area (Å²) in [7, 11) is 0. The maximum atomic E-state index is 13.0. The molecule has 0 unspecified atom stereocenters. The van der Waals surface area contributed by atoms with Gasteiger partial charge in [0.15, 0.2) is 5.11 Å². The average molecular weight is 498 g/mol. The predicted molar refractivity (Wildman–Crippen MR) is 144 cm³/mol. The van der Waals surface area contributed by atoms with Crippen LogP contribution in [0.4, 0.5) is 5.69 Å². The van der Waals surface area contributed by atoms with Gasteiger partial charge < -0.3 is 24.8 Å². The van der Waals surface area contributed by atoms with E-state index in [4.69, 9.17) is 17.0 Å². The second-order valence-corrected chi connectivity index (χ2v) is 8.79. The van der Waals surface area contributed by atoms with E-state index in [0.29, 0.717) is 11.7 Å². The van der Waals surface area contributed by atoms with E-state index in [-0.39, 0.29) is 24.5 Å². The topological polar surface area (TPSA) is 71.4 Å². The molecule has 1 saturated heterocycles. The number of anilines is 1.